The maximum absolute atomic E-state index is 14.2. The lowest BCUT2D eigenvalue weighted by Gasteiger charge is -2.40. The molecule has 482 valence electrons. The average molecular weight is 1240 g/mol. The summed E-state index contributed by atoms with van der Waals surface area (Å²) < 4.78 is 92.3. The molecule has 0 saturated carbocycles. The fourth-order valence-corrected chi connectivity index (χ4v) is 16.9. The van der Waals surface area contributed by atoms with Crippen LogP contribution in [0.15, 0.2) is 94.7 Å². The summed E-state index contributed by atoms with van der Waals surface area (Å²) >= 11 is 0. The van der Waals surface area contributed by atoms with Crippen LogP contribution in [0.3, 0.4) is 0 Å². The van der Waals surface area contributed by atoms with E-state index < -0.39 is 54.5 Å². The van der Waals surface area contributed by atoms with Gasteiger partial charge in [0.1, 0.15) is 18.1 Å². The van der Waals surface area contributed by atoms with Crippen molar-refractivity contribution in [1.29, 1.82) is 0 Å². The number of fused-ring (bicyclic) bond motifs is 2. The summed E-state index contributed by atoms with van der Waals surface area (Å²) in [5.41, 5.74) is 3.11. The Bertz CT molecular complexity index is 2650. The van der Waals surface area contributed by atoms with E-state index in [4.69, 9.17) is 28.4 Å². The minimum absolute atomic E-state index is 0.0299. The van der Waals surface area contributed by atoms with E-state index in [1.165, 1.54) is 0 Å². The van der Waals surface area contributed by atoms with Gasteiger partial charge in [-0.25, -0.2) is 16.8 Å². The number of benzene rings is 4. The Morgan fingerprint density at radius 2 is 0.860 bits per heavy atom. The minimum atomic E-state index is -3.70. The van der Waals surface area contributed by atoms with Crippen LogP contribution in [-0.4, -0.2) is 165 Å². The molecule has 0 aromatic heterocycles. The highest BCUT2D eigenvalue weighted by molar-refractivity contribution is 7.91. The highest BCUT2D eigenvalue weighted by Gasteiger charge is 2.51. The number of aliphatic hydroxyl groups excluding tert-OH is 2. The van der Waals surface area contributed by atoms with Crippen molar-refractivity contribution >= 4 is 31.0 Å². The summed E-state index contributed by atoms with van der Waals surface area (Å²) in [4.78, 5) is 4.53. The van der Waals surface area contributed by atoms with Gasteiger partial charge in [0.2, 0.25) is 0 Å². The smallest absolute Gasteiger partial charge is 0.189 e. The van der Waals surface area contributed by atoms with Crippen molar-refractivity contribution in [1.82, 2.24) is 10.6 Å². The number of hydrogen-bond acceptors (Lipinski definition) is 16. The number of hydrogen-bond donors (Lipinski definition) is 4. The highest BCUT2D eigenvalue weighted by atomic mass is 32.2. The van der Waals surface area contributed by atoms with Crippen molar-refractivity contribution in [2.45, 2.75) is 158 Å². The number of sulfone groups is 2. The first-order valence-electron chi connectivity index (χ1n) is 32.1. The average Bonchev–Trinajstić information content (AvgIpc) is 1.60. The lowest BCUT2D eigenvalue weighted by Crippen LogP contribution is -2.43. The van der Waals surface area contributed by atoms with Gasteiger partial charge in [0, 0.05) is 75.3 Å². The van der Waals surface area contributed by atoms with Crippen LogP contribution in [0.4, 0.5) is 11.4 Å². The Balaban J connectivity index is 0.808. The van der Waals surface area contributed by atoms with Gasteiger partial charge in [-0.15, -0.1) is 0 Å². The van der Waals surface area contributed by atoms with Crippen LogP contribution in [0, 0.1) is 10.8 Å². The van der Waals surface area contributed by atoms with Gasteiger partial charge < -0.3 is 59.1 Å². The van der Waals surface area contributed by atoms with Crippen molar-refractivity contribution in [3.05, 3.63) is 107 Å². The van der Waals surface area contributed by atoms with Gasteiger partial charge in [-0.1, -0.05) is 110 Å². The second-order valence-corrected chi connectivity index (χ2v) is 28.2. The molecular formula is C68H106N4O12S2. The van der Waals surface area contributed by atoms with E-state index in [9.17, 15) is 27.0 Å². The van der Waals surface area contributed by atoms with Gasteiger partial charge in [-0.3, -0.25) is 0 Å². The number of unbranched alkanes of at least 4 members (excludes halogenated alkanes) is 6. The third-order valence-corrected chi connectivity index (χ3v) is 21.3. The molecule has 0 unspecified atom stereocenters. The Morgan fingerprint density at radius 1 is 0.465 bits per heavy atom. The maximum atomic E-state index is 14.2. The maximum Gasteiger partial charge on any atom is 0.189 e. The van der Waals surface area contributed by atoms with Crippen LogP contribution in [0.5, 0.6) is 11.5 Å². The van der Waals surface area contributed by atoms with Crippen molar-refractivity contribution in [3.8, 4) is 11.5 Å². The topological polar surface area (TPSA) is 195 Å². The van der Waals surface area contributed by atoms with Crippen LogP contribution in [-0.2, 0) is 38.6 Å². The summed E-state index contributed by atoms with van der Waals surface area (Å²) in [6.07, 6.45) is 11.1. The van der Waals surface area contributed by atoms with Crippen molar-refractivity contribution in [3.63, 3.8) is 0 Å². The molecule has 0 spiro atoms. The predicted octanol–water partition coefficient (Wildman–Crippen LogP) is 10.9. The van der Waals surface area contributed by atoms with Crippen LogP contribution >= 0.6 is 0 Å². The fourth-order valence-electron chi connectivity index (χ4n) is 12.5. The van der Waals surface area contributed by atoms with Gasteiger partial charge in [0.15, 0.2) is 26.5 Å². The monoisotopic (exact) mass is 1230 g/mol. The SMILES string of the molecule is CCCCC1(CCCC)CS(=O)(=O)c2ccc(N(C)C)cc2[C@H](c2cccc(OCCOCCOCCNCCCCCNCCOCCOCOc3cccc([C@H]4c5cc(N(C)C)ccc5S(=O)(=O)CC(CCCC)(CCCC)[C@H]4O)c3)c2)[C@@H]1O. The Labute approximate surface area is 517 Å². The number of ether oxygens (including phenoxy) is 6. The first-order chi connectivity index (χ1) is 41.5. The normalized spacial score (nSPS) is 19.2. The van der Waals surface area contributed by atoms with Crippen LogP contribution in [0.25, 0.3) is 0 Å². The molecule has 0 saturated heterocycles. The lowest BCUT2D eigenvalue weighted by atomic mass is 9.68. The number of nitrogens with one attached hydrogen (secondary N) is 2. The zero-order valence-corrected chi connectivity index (χ0v) is 54.9. The summed E-state index contributed by atoms with van der Waals surface area (Å²) in [6, 6.07) is 26.4. The summed E-state index contributed by atoms with van der Waals surface area (Å²) in [5.74, 6) is -0.0200. The number of anilines is 2. The van der Waals surface area contributed by atoms with Crippen LogP contribution < -0.4 is 29.9 Å². The summed E-state index contributed by atoms with van der Waals surface area (Å²) in [5, 5.41) is 32.0. The number of rotatable bonds is 41. The largest absolute Gasteiger partial charge is 0.491 e. The number of nitrogens with zero attached hydrogens (tertiary/aromatic N) is 2. The first-order valence-corrected chi connectivity index (χ1v) is 35.4. The summed E-state index contributed by atoms with van der Waals surface area (Å²) in [7, 11) is 0.362. The molecule has 0 fully saturated rings. The van der Waals surface area contributed by atoms with Crippen molar-refractivity contribution in [2.75, 3.05) is 135 Å². The molecule has 18 heteroatoms. The molecule has 0 bridgehead atoms. The highest BCUT2D eigenvalue weighted by Crippen LogP contribution is 2.52. The molecular weight excluding hydrogens is 1130 g/mol. The third kappa shape index (κ3) is 20.1. The molecule has 2 heterocycles. The molecule has 6 rings (SSSR count). The van der Waals surface area contributed by atoms with E-state index in [1.54, 1.807) is 12.1 Å². The molecule has 4 atom stereocenters. The fraction of sp³-hybridized carbons (Fsp3) is 0.647. The molecule has 0 aliphatic carbocycles. The molecule has 4 aromatic rings. The quantitative estimate of drug-likeness (QED) is 0.0242. The van der Waals surface area contributed by atoms with E-state index in [0.29, 0.717) is 111 Å². The van der Waals surface area contributed by atoms with E-state index in [1.807, 2.05) is 111 Å². The van der Waals surface area contributed by atoms with Crippen molar-refractivity contribution < 1.29 is 55.5 Å². The zero-order valence-electron chi connectivity index (χ0n) is 53.3. The second kappa shape index (κ2) is 35.7. The van der Waals surface area contributed by atoms with E-state index in [2.05, 4.69) is 38.3 Å². The predicted molar refractivity (Wildman–Crippen MR) is 346 cm³/mol. The van der Waals surface area contributed by atoms with Gasteiger partial charge in [-0.2, -0.15) is 0 Å². The van der Waals surface area contributed by atoms with Crippen molar-refractivity contribution in [2.24, 2.45) is 10.8 Å². The Kier molecular flexibility index (Phi) is 29.4. The number of aliphatic hydroxyl groups is 2. The molecule has 2 aliphatic heterocycles. The Hall–Kier alpha value is -4.34. The second-order valence-electron chi connectivity index (χ2n) is 24.3. The van der Waals surface area contributed by atoms with E-state index >= 15 is 0 Å². The van der Waals surface area contributed by atoms with Gasteiger partial charge in [0.05, 0.1) is 79.8 Å². The Morgan fingerprint density at radius 3 is 1.28 bits per heavy atom. The molecule has 0 radical (unpaired) electrons. The van der Waals surface area contributed by atoms with E-state index in [-0.39, 0.29) is 18.3 Å². The molecule has 4 aromatic carbocycles. The van der Waals surface area contributed by atoms with Gasteiger partial charge in [0.25, 0.3) is 0 Å². The molecule has 0 amide bonds. The molecule has 16 nitrogen and oxygen atoms in total. The molecule has 4 N–H and O–H groups in total. The third-order valence-electron chi connectivity index (χ3n) is 17.4. The van der Waals surface area contributed by atoms with Gasteiger partial charge >= 0.3 is 0 Å². The standard InChI is InChI=1S/C68H106N4O12S2/c1-9-13-30-67(31-14-10-2)50-85(75,76)61-28-26-55(71(5)6)48-59(61)63(65(67)73)53-22-20-24-57(46-53)83-45-44-81-41-40-79-38-36-69-34-18-17-19-35-70-37-39-80-42-43-82-52-84-58-25-21-23-54(47-58)64-60-49-56(72(7)8)27-29-62(60)86(77,78)51-68(66(64)74,32-15-11-3)33-16-12-4/h20-29,46-49,63-66,69-70,73-74H,9-19,30-45,50-52H2,1-8H3/t63-,64-,65-,66-/m0/s1. The molecule has 2 aliphatic rings. The van der Waals surface area contributed by atoms with Crippen LogP contribution in [0.2, 0.25) is 0 Å². The lowest BCUT2D eigenvalue weighted by molar-refractivity contribution is -0.0164. The molecule has 86 heavy (non-hydrogen) atoms. The van der Waals surface area contributed by atoms with Gasteiger partial charge in [-0.05, 0) is 135 Å². The first kappa shape index (κ1) is 70.7. The summed E-state index contributed by atoms with van der Waals surface area (Å²) in [6.45, 7) is 15.5. The minimum Gasteiger partial charge on any atom is -0.491 e. The van der Waals surface area contributed by atoms with Crippen LogP contribution in [0.1, 0.15) is 158 Å². The van der Waals surface area contributed by atoms with E-state index in [0.717, 1.165) is 119 Å². The zero-order chi connectivity index (χ0) is 62.0.